The Kier molecular flexibility index (Phi) is 6.09. The fourth-order valence-electron chi connectivity index (χ4n) is 2.14. The van der Waals surface area contributed by atoms with Gasteiger partial charge in [-0.2, -0.15) is 11.8 Å². The summed E-state index contributed by atoms with van der Waals surface area (Å²) in [4.78, 5) is 14.4. The minimum Gasteiger partial charge on any atom is -0.395 e. The van der Waals surface area contributed by atoms with E-state index >= 15 is 0 Å². The Morgan fingerprint density at radius 2 is 2.24 bits per heavy atom. The predicted molar refractivity (Wildman–Crippen MR) is 82.8 cm³/mol. The fourth-order valence-corrected chi connectivity index (χ4v) is 3.02. The predicted octanol–water partition coefficient (Wildman–Crippen LogP) is 2.14. The molecule has 1 aliphatic rings. The molecule has 5 heteroatoms. The molecule has 1 heterocycles. The largest absolute Gasteiger partial charge is 0.395 e. The Morgan fingerprint density at radius 3 is 3.05 bits per heavy atom. The lowest BCUT2D eigenvalue weighted by Crippen LogP contribution is -2.33. The highest BCUT2D eigenvalue weighted by atomic mass is 32.2. The molecule has 2 rings (SSSR count). The number of halogens is 1. The van der Waals surface area contributed by atoms with E-state index in [1.807, 2.05) is 11.8 Å². The van der Waals surface area contributed by atoms with Crippen LogP contribution in [0.1, 0.15) is 28.8 Å². The van der Waals surface area contributed by atoms with E-state index in [1.54, 1.807) is 4.90 Å². The average Bonchev–Trinajstić information content (AvgIpc) is 2.77. The van der Waals surface area contributed by atoms with Gasteiger partial charge in [-0.25, -0.2) is 4.39 Å². The number of hydrogen-bond acceptors (Lipinski definition) is 3. The number of aliphatic hydroxyl groups excluding tert-OH is 1. The van der Waals surface area contributed by atoms with Crippen LogP contribution in [0.3, 0.4) is 0 Å². The Bertz CT molecular complexity index is 557. The average molecular weight is 307 g/mol. The van der Waals surface area contributed by atoms with Gasteiger partial charge in [0.25, 0.3) is 5.91 Å². The number of hydrogen-bond donors (Lipinski definition) is 1. The van der Waals surface area contributed by atoms with Crippen LogP contribution >= 0.6 is 11.8 Å². The summed E-state index contributed by atoms with van der Waals surface area (Å²) in [5, 5.41) is 8.76. The molecule has 1 fully saturated rings. The number of amides is 1. The molecule has 21 heavy (non-hydrogen) atoms. The van der Waals surface area contributed by atoms with Crippen molar-refractivity contribution in [2.24, 2.45) is 0 Å². The normalized spacial score (nSPS) is 15.0. The van der Waals surface area contributed by atoms with Crippen LogP contribution in [0.25, 0.3) is 0 Å². The zero-order chi connectivity index (χ0) is 15.1. The van der Waals surface area contributed by atoms with Gasteiger partial charge in [-0.15, -0.1) is 0 Å². The molecule has 112 valence electrons. The van der Waals surface area contributed by atoms with E-state index in [2.05, 4.69) is 11.8 Å². The van der Waals surface area contributed by atoms with Gasteiger partial charge in [0.2, 0.25) is 0 Å². The van der Waals surface area contributed by atoms with Crippen LogP contribution in [0.2, 0.25) is 0 Å². The third-order valence-corrected chi connectivity index (χ3v) is 4.23. The zero-order valence-electron chi connectivity index (χ0n) is 11.8. The van der Waals surface area contributed by atoms with Crippen molar-refractivity contribution in [2.75, 3.05) is 31.2 Å². The summed E-state index contributed by atoms with van der Waals surface area (Å²) in [5.41, 5.74) is 0.832. The number of aliphatic hydroxyl groups is 1. The smallest absolute Gasteiger partial charge is 0.255 e. The molecule has 0 bridgehead atoms. The minimum atomic E-state index is -0.435. The van der Waals surface area contributed by atoms with Crippen molar-refractivity contribution in [3.05, 3.63) is 35.1 Å². The van der Waals surface area contributed by atoms with Crippen LogP contribution in [0.15, 0.2) is 18.2 Å². The highest BCUT2D eigenvalue weighted by Gasteiger charge is 2.20. The molecule has 1 saturated heterocycles. The summed E-state index contributed by atoms with van der Waals surface area (Å²) < 4.78 is 13.5. The molecule has 1 aliphatic heterocycles. The van der Waals surface area contributed by atoms with Crippen molar-refractivity contribution in [1.29, 1.82) is 0 Å². The summed E-state index contributed by atoms with van der Waals surface area (Å²) in [7, 11) is 0. The first-order valence-corrected chi connectivity index (χ1v) is 8.14. The van der Waals surface area contributed by atoms with E-state index in [-0.39, 0.29) is 12.5 Å². The van der Waals surface area contributed by atoms with Gasteiger partial charge < -0.3 is 10.0 Å². The van der Waals surface area contributed by atoms with Crippen LogP contribution in [0, 0.1) is 17.7 Å². The Labute approximate surface area is 128 Å². The van der Waals surface area contributed by atoms with Crippen LogP contribution < -0.4 is 0 Å². The third-order valence-electron chi connectivity index (χ3n) is 3.18. The summed E-state index contributed by atoms with van der Waals surface area (Å²) in [6.07, 6.45) is 1.29. The molecule has 1 amide bonds. The number of benzene rings is 1. The van der Waals surface area contributed by atoms with E-state index in [0.29, 0.717) is 30.6 Å². The van der Waals surface area contributed by atoms with Gasteiger partial charge in [0, 0.05) is 30.8 Å². The number of rotatable bonds is 2. The third kappa shape index (κ3) is 4.48. The lowest BCUT2D eigenvalue weighted by atomic mass is 10.1. The molecule has 1 N–H and O–H groups in total. The van der Waals surface area contributed by atoms with Crippen molar-refractivity contribution >= 4 is 17.7 Å². The van der Waals surface area contributed by atoms with E-state index in [1.165, 1.54) is 18.2 Å². The molecular weight excluding hydrogens is 289 g/mol. The van der Waals surface area contributed by atoms with E-state index in [9.17, 15) is 9.18 Å². The van der Waals surface area contributed by atoms with Gasteiger partial charge in [0.1, 0.15) is 5.82 Å². The van der Waals surface area contributed by atoms with Gasteiger partial charge in [-0.3, -0.25) is 4.79 Å². The topological polar surface area (TPSA) is 40.5 Å². The van der Waals surface area contributed by atoms with Gasteiger partial charge in [0.15, 0.2) is 0 Å². The molecule has 1 aromatic carbocycles. The van der Waals surface area contributed by atoms with Gasteiger partial charge >= 0.3 is 0 Å². The molecule has 3 nitrogen and oxygen atoms in total. The number of nitrogens with zero attached hydrogens (tertiary/aromatic N) is 1. The second-order valence-corrected chi connectivity index (χ2v) is 5.95. The maximum absolute atomic E-state index is 13.5. The number of carbonyl (C=O) groups excluding carboxylic acids is 1. The number of carbonyl (C=O) groups is 1. The van der Waals surface area contributed by atoms with Gasteiger partial charge in [-0.1, -0.05) is 11.8 Å². The Hall–Kier alpha value is -1.51. The monoisotopic (exact) mass is 307 g/mol. The molecule has 0 spiro atoms. The SMILES string of the molecule is O=C(c1cc(F)ccc1C#CCCO)N1CCCSCC1. The van der Waals surface area contributed by atoms with E-state index in [4.69, 9.17) is 5.11 Å². The standard InChI is InChI=1S/C16H18FNO2S/c17-14-6-5-13(4-1-2-9-19)15(12-14)16(20)18-7-3-10-21-11-8-18/h5-6,12,19H,2-3,7-11H2. The second kappa shape index (κ2) is 8.06. The van der Waals surface area contributed by atoms with Crippen molar-refractivity contribution in [3.8, 4) is 11.8 Å². The summed E-state index contributed by atoms with van der Waals surface area (Å²) in [6, 6.07) is 4.08. The fraction of sp³-hybridized carbons (Fsp3) is 0.438. The van der Waals surface area contributed by atoms with Crippen molar-refractivity contribution in [3.63, 3.8) is 0 Å². The van der Waals surface area contributed by atoms with E-state index in [0.717, 1.165) is 17.9 Å². The lowest BCUT2D eigenvalue weighted by Gasteiger charge is -2.20. The second-order valence-electron chi connectivity index (χ2n) is 4.72. The summed E-state index contributed by atoms with van der Waals surface area (Å²) >= 11 is 1.83. The molecule has 0 aromatic heterocycles. The van der Waals surface area contributed by atoms with Gasteiger partial charge in [0.05, 0.1) is 12.2 Å². The molecule has 1 aromatic rings. The maximum Gasteiger partial charge on any atom is 0.255 e. The summed E-state index contributed by atoms with van der Waals surface area (Å²) in [5.74, 6) is 7.00. The lowest BCUT2D eigenvalue weighted by molar-refractivity contribution is 0.0767. The number of thioether (sulfide) groups is 1. The first-order chi connectivity index (χ1) is 10.2. The van der Waals surface area contributed by atoms with Crippen LogP contribution in [-0.2, 0) is 0 Å². The van der Waals surface area contributed by atoms with Crippen LogP contribution in [0.5, 0.6) is 0 Å². The molecule has 0 radical (unpaired) electrons. The molecule has 0 saturated carbocycles. The zero-order valence-corrected chi connectivity index (χ0v) is 12.6. The minimum absolute atomic E-state index is 0.0270. The van der Waals surface area contributed by atoms with E-state index < -0.39 is 5.82 Å². The van der Waals surface area contributed by atoms with Gasteiger partial charge in [-0.05, 0) is 30.4 Å². The Balaban J connectivity index is 2.26. The molecular formula is C16H18FNO2S. The first-order valence-electron chi connectivity index (χ1n) is 6.98. The molecule has 0 unspecified atom stereocenters. The molecule has 0 aliphatic carbocycles. The Morgan fingerprint density at radius 1 is 1.38 bits per heavy atom. The molecule has 0 atom stereocenters. The quantitative estimate of drug-likeness (QED) is 0.851. The summed E-state index contributed by atoms with van der Waals surface area (Å²) in [6.45, 7) is 1.36. The highest BCUT2D eigenvalue weighted by molar-refractivity contribution is 7.99. The highest BCUT2D eigenvalue weighted by Crippen LogP contribution is 2.17. The van der Waals surface area contributed by atoms with Crippen molar-refractivity contribution < 1.29 is 14.3 Å². The van der Waals surface area contributed by atoms with Crippen LogP contribution in [-0.4, -0.2) is 47.1 Å². The van der Waals surface area contributed by atoms with Crippen LogP contribution in [0.4, 0.5) is 4.39 Å². The first kappa shape index (κ1) is 15.9. The van der Waals surface area contributed by atoms with Crippen molar-refractivity contribution in [2.45, 2.75) is 12.8 Å². The van der Waals surface area contributed by atoms with Crippen molar-refractivity contribution in [1.82, 2.24) is 4.90 Å². The maximum atomic E-state index is 13.5.